The third-order valence-corrected chi connectivity index (χ3v) is 6.40. The number of rotatable bonds is 18. The van der Waals surface area contributed by atoms with Crippen LogP contribution in [-0.4, -0.2) is 92.7 Å². The number of carbonyl (C=O) groups excluding carboxylic acids is 4. The lowest BCUT2D eigenvalue weighted by Crippen LogP contribution is -2.59. The van der Waals surface area contributed by atoms with Crippen LogP contribution in [0, 0.1) is 0 Å². The molecule has 4 atom stereocenters. The molecule has 242 valence electrons. The molecule has 0 saturated carbocycles. The van der Waals surface area contributed by atoms with Crippen molar-refractivity contribution in [1.82, 2.24) is 21.3 Å². The number of benzene rings is 2. The van der Waals surface area contributed by atoms with Gasteiger partial charge in [-0.05, 0) is 29.7 Å². The highest BCUT2D eigenvalue weighted by Crippen LogP contribution is 2.12. The number of phenols is 1. The van der Waals surface area contributed by atoms with Gasteiger partial charge < -0.3 is 47.4 Å². The molecule has 2 aromatic rings. The van der Waals surface area contributed by atoms with E-state index in [1.165, 1.54) is 24.3 Å². The van der Waals surface area contributed by atoms with E-state index < -0.39 is 91.5 Å². The predicted octanol–water partition coefficient (Wildman–Crippen LogP) is -1.50. The van der Waals surface area contributed by atoms with Crippen molar-refractivity contribution in [2.75, 3.05) is 6.54 Å². The van der Waals surface area contributed by atoms with Crippen molar-refractivity contribution in [3.63, 3.8) is 0 Å². The third kappa shape index (κ3) is 12.7. The lowest BCUT2D eigenvalue weighted by molar-refractivity contribution is -0.147. The first kappa shape index (κ1) is 35.7. The highest BCUT2D eigenvalue weighted by molar-refractivity contribution is 5.96. The number of hydrogen-bond acceptors (Lipinski definition) is 9. The van der Waals surface area contributed by atoms with Crippen LogP contribution in [0.15, 0.2) is 54.6 Å². The number of carboxylic acids is 3. The molecule has 4 amide bonds. The van der Waals surface area contributed by atoms with E-state index >= 15 is 0 Å². The largest absolute Gasteiger partial charge is 0.508 e. The molecule has 0 unspecified atom stereocenters. The number of carbonyl (C=O) groups is 7. The minimum absolute atomic E-state index is 0.0236. The maximum absolute atomic E-state index is 13.5. The second kappa shape index (κ2) is 17.6. The van der Waals surface area contributed by atoms with Crippen molar-refractivity contribution < 1.29 is 54.0 Å². The van der Waals surface area contributed by atoms with E-state index in [0.29, 0.717) is 11.1 Å². The number of carboxylic acid groups (broad SMARTS) is 3. The standard InChI is InChI=1S/C29H35N5O11/c30-15-23(36)31-20(13-17-6-8-18(35)9-7-17)27(42)33-21(12-16-4-2-1-3-5-16)28(43)32-19(10-11-24(37)38)26(41)34-22(29(44)45)14-25(39)40/h1-9,19-22,35H,10-15,30H2,(H,31,36)(H,32,43)(H,33,42)(H,34,41)(H,37,38)(H,39,40)(H,44,45)/t19-,20-,21-,22-/m0/s1. The van der Waals surface area contributed by atoms with Crippen LogP contribution in [0.4, 0.5) is 0 Å². The Morgan fingerprint density at radius 1 is 0.622 bits per heavy atom. The molecule has 2 aromatic carbocycles. The normalized spacial score (nSPS) is 13.3. The van der Waals surface area contributed by atoms with Crippen LogP contribution in [-0.2, 0) is 46.4 Å². The van der Waals surface area contributed by atoms with Crippen LogP contribution in [0.5, 0.6) is 5.75 Å². The van der Waals surface area contributed by atoms with Gasteiger partial charge in [0.2, 0.25) is 23.6 Å². The lowest BCUT2D eigenvalue weighted by atomic mass is 10.0. The van der Waals surface area contributed by atoms with E-state index in [1.54, 1.807) is 30.3 Å². The Morgan fingerprint density at radius 2 is 1.11 bits per heavy atom. The van der Waals surface area contributed by atoms with E-state index in [2.05, 4.69) is 16.0 Å². The maximum atomic E-state index is 13.5. The molecule has 45 heavy (non-hydrogen) atoms. The van der Waals surface area contributed by atoms with Gasteiger partial charge in [0.1, 0.15) is 29.9 Å². The monoisotopic (exact) mass is 629 g/mol. The first-order valence-electron chi connectivity index (χ1n) is 13.7. The fraction of sp³-hybridized carbons (Fsp3) is 0.345. The number of nitrogens with one attached hydrogen (secondary N) is 4. The molecule has 16 nitrogen and oxygen atoms in total. The Kier molecular flexibility index (Phi) is 13.9. The summed E-state index contributed by atoms with van der Waals surface area (Å²) in [5, 5.41) is 46.3. The van der Waals surface area contributed by atoms with Crippen LogP contribution in [0.1, 0.15) is 30.4 Å². The number of amides is 4. The third-order valence-electron chi connectivity index (χ3n) is 6.40. The van der Waals surface area contributed by atoms with E-state index in [9.17, 15) is 43.8 Å². The summed E-state index contributed by atoms with van der Waals surface area (Å²) >= 11 is 0. The van der Waals surface area contributed by atoms with Crippen LogP contribution in [0.3, 0.4) is 0 Å². The topological polar surface area (TPSA) is 275 Å². The molecule has 0 aliphatic carbocycles. The second-order valence-electron chi connectivity index (χ2n) is 9.94. The second-order valence-corrected chi connectivity index (χ2v) is 9.94. The smallest absolute Gasteiger partial charge is 0.326 e. The number of aliphatic carboxylic acids is 3. The molecule has 2 rings (SSSR count). The fourth-order valence-corrected chi connectivity index (χ4v) is 4.12. The Bertz CT molecular complexity index is 1370. The molecule has 0 radical (unpaired) electrons. The Balaban J connectivity index is 2.35. The average Bonchev–Trinajstić information content (AvgIpc) is 2.99. The van der Waals surface area contributed by atoms with Crippen molar-refractivity contribution >= 4 is 41.5 Å². The zero-order valence-corrected chi connectivity index (χ0v) is 24.0. The van der Waals surface area contributed by atoms with Gasteiger partial charge in [-0.3, -0.25) is 28.8 Å². The van der Waals surface area contributed by atoms with Crippen molar-refractivity contribution in [3.8, 4) is 5.75 Å². The minimum atomic E-state index is -1.87. The first-order chi connectivity index (χ1) is 21.3. The molecule has 0 fully saturated rings. The van der Waals surface area contributed by atoms with E-state index in [0.717, 1.165) is 0 Å². The summed E-state index contributed by atoms with van der Waals surface area (Å²) in [6.07, 6.45) is -2.26. The number of hydrogen-bond donors (Lipinski definition) is 9. The van der Waals surface area contributed by atoms with Crippen LogP contribution in [0.25, 0.3) is 0 Å². The van der Waals surface area contributed by atoms with E-state index in [-0.39, 0.29) is 18.6 Å². The van der Waals surface area contributed by atoms with Gasteiger partial charge >= 0.3 is 17.9 Å². The van der Waals surface area contributed by atoms with Crippen molar-refractivity contribution in [2.24, 2.45) is 5.73 Å². The van der Waals surface area contributed by atoms with E-state index in [1.807, 2.05) is 5.32 Å². The van der Waals surface area contributed by atoms with Crippen LogP contribution >= 0.6 is 0 Å². The number of aromatic hydroxyl groups is 1. The molecule has 0 aliphatic rings. The zero-order valence-electron chi connectivity index (χ0n) is 24.0. The molecule has 0 heterocycles. The highest BCUT2D eigenvalue weighted by atomic mass is 16.4. The summed E-state index contributed by atoms with van der Waals surface area (Å²) in [5.41, 5.74) is 6.54. The minimum Gasteiger partial charge on any atom is -0.508 e. The summed E-state index contributed by atoms with van der Waals surface area (Å²) in [7, 11) is 0. The van der Waals surface area contributed by atoms with E-state index in [4.69, 9.17) is 15.9 Å². The Hall–Kier alpha value is -5.51. The summed E-state index contributed by atoms with van der Waals surface area (Å²) in [6.45, 7) is -0.438. The predicted molar refractivity (Wildman–Crippen MR) is 155 cm³/mol. The van der Waals surface area contributed by atoms with Crippen molar-refractivity contribution in [1.29, 1.82) is 0 Å². The molecule has 0 aromatic heterocycles. The van der Waals surface area contributed by atoms with Gasteiger partial charge in [0.15, 0.2) is 0 Å². The van der Waals surface area contributed by atoms with Crippen molar-refractivity contribution in [2.45, 2.75) is 56.3 Å². The summed E-state index contributed by atoms with van der Waals surface area (Å²) in [5.74, 6) is -8.11. The van der Waals surface area contributed by atoms with Crippen LogP contribution < -0.4 is 27.0 Å². The van der Waals surface area contributed by atoms with Crippen molar-refractivity contribution in [3.05, 3.63) is 65.7 Å². The zero-order chi connectivity index (χ0) is 33.5. The Labute approximate surface area is 257 Å². The van der Waals surface area contributed by atoms with Gasteiger partial charge in [-0.15, -0.1) is 0 Å². The first-order valence-corrected chi connectivity index (χ1v) is 13.7. The summed E-state index contributed by atoms with van der Waals surface area (Å²) in [4.78, 5) is 85.8. The van der Waals surface area contributed by atoms with Gasteiger partial charge in [0.05, 0.1) is 13.0 Å². The SMILES string of the molecule is NCC(=O)N[C@@H](Cc1ccc(O)cc1)C(=O)N[C@@H](Cc1ccccc1)C(=O)N[C@@H](CCC(=O)O)C(=O)N[C@@H](CC(=O)O)C(=O)O. The van der Waals surface area contributed by atoms with Gasteiger partial charge in [0.25, 0.3) is 0 Å². The fourth-order valence-electron chi connectivity index (χ4n) is 4.12. The molecule has 0 saturated heterocycles. The van der Waals surface area contributed by atoms with Gasteiger partial charge in [0, 0.05) is 19.3 Å². The molecule has 10 N–H and O–H groups in total. The molecular formula is C29H35N5O11. The molecular weight excluding hydrogens is 594 g/mol. The quantitative estimate of drug-likeness (QED) is 0.0911. The summed E-state index contributed by atoms with van der Waals surface area (Å²) in [6, 6.07) is 8.12. The Morgan fingerprint density at radius 3 is 1.62 bits per heavy atom. The highest BCUT2D eigenvalue weighted by Gasteiger charge is 2.32. The van der Waals surface area contributed by atoms with Gasteiger partial charge in [-0.2, -0.15) is 0 Å². The number of nitrogens with two attached hydrogens (primary N) is 1. The maximum Gasteiger partial charge on any atom is 0.326 e. The van der Waals surface area contributed by atoms with Crippen LogP contribution in [0.2, 0.25) is 0 Å². The average molecular weight is 630 g/mol. The molecule has 16 heteroatoms. The summed E-state index contributed by atoms with van der Waals surface area (Å²) < 4.78 is 0. The van der Waals surface area contributed by atoms with Gasteiger partial charge in [-0.1, -0.05) is 42.5 Å². The van der Waals surface area contributed by atoms with Gasteiger partial charge in [-0.25, -0.2) is 4.79 Å². The molecule has 0 aliphatic heterocycles. The number of phenolic OH excluding ortho intramolecular Hbond substituents is 1. The lowest BCUT2D eigenvalue weighted by Gasteiger charge is -2.26. The molecule has 0 bridgehead atoms. The molecule has 0 spiro atoms.